The molecule has 96 valence electrons. The highest BCUT2D eigenvalue weighted by atomic mass is 19.1. The summed E-state index contributed by atoms with van der Waals surface area (Å²) in [5, 5.41) is 11.0. The molecular formula is C13H16FN3O. The van der Waals surface area contributed by atoms with Crippen LogP contribution in [0.5, 0.6) is 0 Å². The molecule has 0 radical (unpaired) electrons. The maximum Gasteiger partial charge on any atom is 0.233 e. The lowest BCUT2D eigenvalue weighted by Crippen LogP contribution is -2.15. The van der Waals surface area contributed by atoms with Crippen LogP contribution in [0.2, 0.25) is 0 Å². The Morgan fingerprint density at radius 3 is 2.78 bits per heavy atom. The first-order valence-corrected chi connectivity index (χ1v) is 5.97. The van der Waals surface area contributed by atoms with Crippen molar-refractivity contribution in [1.29, 1.82) is 0 Å². The molecule has 0 saturated heterocycles. The van der Waals surface area contributed by atoms with Crippen LogP contribution in [-0.2, 0) is 6.42 Å². The summed E-state index contributed by atoms with van der Waals surface area (Å²) in [5.41, 5.74) is 0.560. The third-order valence-electron chi connectivity index (χ3n) is 2.84. The van der Waals surface area contributed by atoms with E-state index in [1.165, 1.54) is 6.07 Å². The summed E-state index contributed by atoms with van der Waals surface area (Å²) in [6, 6.07) is 6.64. The number of hydrogen-bond acceptors (Lipinski definition) is 4. The Labute approximate surface area is 105 Å². The van der Waals surface area contributed by atoms with Crippen molar-refractivity contribution < 1.29 is 8.81 Å². The summed E-state index contributed by atoms with van der Waals surface area (Å²) in [4.78, 5) is 0. The average Bonchev–Trinajstić information content (AvgIpc) is 2.82. The highest BCUT2D eigenvalue weighted by Crippen LogP contribution is 2.17. The second-order valence-corrected chi connectivity index (χ2v) is 4.05. The van der Waals surface area contributed by atoms with Crippen molar-refractivity contribution in [2.45, 2.75) is 25.8 Å². The lowest BCUT2D eigenvalue weighted by atomic mass is 10.1. The number of hydrogen-bond donors (Lipinski definition) is 1. The second kappa shape index (κ2) is 5.73. The van der Waals surface area contributed by atoms with Gasteiger partial charge in [0.2, 0.25) is 11.8 Å². The number of nitrogens with zero attached hydrogens (tertiary/aromatic N) is 2. The minimum Gasteiger partial charge on any atom is -0.423 e. The summed E-state index contributed by atoms with van der Waals surface area (Å²) >= 11 is 0. The van der Waals surface area contributed by atoms with Crippen LogP contribution >= 0.6 is 0 Å². The minimum atomic E-state index is -0.252. The van der Waals surface area contributed by atoms with Gasteiger partial charge in [0.15, 0.2) is 0 Å². The van der Waals surface area contributed by atoms with Crippen LogP contribution in [0.4, 0.5) is 4.39 Å². The van der Waals surface area contributed by atoms with Crippen LogP contribution in [0.3, 0.4) is 0 Å². The van der Waals surface area contributed by atoms with Crippen LogP contribution in [-0.4, -0.2) is 17.2 Å². The smallest absolute Gasteiger partial charge is 0.233 e. The molecule has 1 atom stereocenters. The zero-order chi connectivity index (χ0) is 13.0. The summed E-state index contributed by atoms with van der Waals surface area (Å²) < 4.78 is 19.0. The largest absolute Gasteiger partial charge is 0.423 e. The molecule has 18 heavy (non-hydrogen) atoms. The number of nitrogens with one attached hydrogen (secondary N) is 1. The Bertz CT molecular complexity index is 508. The number of benzene rings is 1. The van der Waals surface area contributed by atoms with Gasteiger partial charge in [-0.25, -0.2) is 4.39 Å². The number of halogens is 1. The standard InChI is InChI=1S/C13H16FN3O/c1-3-11(15-2)13-17-16-12(18-13)8-9-6-4-5-7-10(9)14/h4-7,11,15H,3,8H2,1-2H3. The molecule has 2 aromatic rings. The quantitative estimate of drug-likeness (QED) is 0.884. The fourth-order valence-corrected chi connectivity index (χ4v) is 1.79. The van der Waals surface area contributed by atoms with Crippen molar-refractivity contribution >= 4 is 0 Å². The van der Waals surface area contributed by atoms with Gasteiger partial charge >= 0.3 is 0 Å². The Morgan fingerprint density at radius 1 is 1.33 bits per heavy atom. The molecule has 0 amide bonds. The van der Waals surface area contributed by atoms with Crippen molar-refractivity contribution in [1.82, 2.24) is 15.5 Å². The normalized spacial score (nSPS) is 12.6. The molecule has 0 aliphatic heterocycles. The van der Waals surface area contributed by atoms with Gasteiger partial charge in [0.05, 0.1) is 12.5 Å². The highest BCUT2D eigenvalue weighted by Gasteiger charge is 2.15. The summed E-state index contributed by atoms with van der Waals surface area (Å²) in [6.45, 7) is 2.03. The fraction of sp³-hybridized carbons (Fsp3) is 0.385. The average molecular weight is 249 g/mol. The predicted octanol–water partition coefficient (Wildman–Crippen LogP) is 2.47. The maximum atomic E-state index is 13.5. The molecule has 0 aliphatic rings. The van der Waals surface area contributed by atoms with E-state index in [9.17, 15) is 4.39 Å². The van der Waals surface area contributed by atoms with E-state index in [1.54, 1.807) is 18.2 Å². The second-order valence-electron chi connectivity index (χ2n) is 4.05. The van der Waals surface area contributed by atoms with E-state index in [-0.39, 0.29) is 11.9 Å². The monoisotopic (exact) mass is 249 g/mol. The van der Waals surface area contributed by atoms with Crippen LogP contribution in [0.15, 0.2) is 28.7 Å². The third kappa shape index (κ3) is 2.73. The molecule has 5 heteroatoms. The molecule has 1 aromatic heterocycles. The summed E-state index contributed by atoms with van der Waals surface area (Å²) in [6.07, 6.45) is 1.18. The van der Waals surface area contributed by atoms with E-state index in [1.807, 2.05) is 14.0 Å². The van der Waals surface area contributed by atoms with Crippen molar-refractivity contribution in [2.24, 2.45) is 0 Å². The van der Waals surface area contributed by atoms with Crippen molar-refractivity contribution in [3.05, 3.63) is 47.4 Å². The molecule has 0 aliphatic carbocycles. The molecule has 0 fully saturated rings. The van der Waals surface area contributed by atoms with E-state index in [0.29, 0.717) is 23.8 Å². The Morgan fingerprint density at radius 2 is 2.11 bits per heavy atom. The number of aromatic nitrogens is 2. The molecule has 1 heterocycles. The van der Waals surface area contributed by atoms with Crippen LogP contribution in [0.1, 0.15) is 36.7 Å². The molecule has 2 rings (SSSR count). The van der Waals surface area contributed by atoms with Gasteiger partial charge in [0, 0.05) is 0 Å². The molecule has 4 nitrogen and oxygen atoms in total. The van der Waals surface area contributed by atoms with Crippen LogP contribution in [0.25, 0.3) is 0 Å². The SMILES string of the molecule is CCC(NC)c1nnc(Cc2ccccc2F)o1. The van der Waals surface area contributed by atoms with Gasteiger partial charge in [-0.15, -0.1) is 10.2 Å². The molecule has 0 spiro atoms. The topological polar surface area (TPSA) is 51.0 Å². The molecule has 0 saturated carbocycles. The third-order valence-corrected chi connectivity index (χ3v) is 2.84. The lowest BCUT2D eigenvalue weighted by molar-refractivity contribution is 0.389. The first-order valence-electron chi connectivity index (χ1n) is 5.97. The molecule has 1 N–H and O–H groups in total. The van der Waals surface area contributed by atoms with Crippen LogP contribution in [0, 0.1) is 5.82 Å². The van der Waals surface area contributed by atoms with Crippen molar-refractivity contribution in [2.75, 3.05) is 7.05 Å². The highest BCUT2D eigenvalue weighted by molar-refractivity contribution is 5.20. The minimum absolute atomic E-state index is 0.0480. The van der Waals surface area contributed by atoms with Crippen LogP contribution < -0.4 is 5.32 Å². The fourth-order valence-electron chi connectivity index (χ4n) is 1.79. The van der Waals surface area contributed by atoms with Gasteiger partial charge in [-0.1, -0.05) is 25.1 Å². The molecule has 1 aromatic carbocycles. The Hall–Kier alpha value is -1.75. The van der Waals surface area contributed by atoms with Crippen molar-refractivity contribution in [3.8, 4) is 0 Å². The van der Waals surface area contributed by atoms with E-state index in [0.717, 1.165) is 6.42 Å². The lowest BCUT2D eigenvalue weighted by Gasteiger charge is -2.07. The van der Waals surface area contributed by atoms with Crippen molar-refractivity contribution in [3.63, 3.8) is 0 Å². The molecule has 1 unspecified atom stereocenters. The van der Waals surface area contributed by atoms with Gasteiger partial charge in [0.1, 0.15) is 5.82 Å². The van der Waals surface area contributed by atoms with E-state index in [4.69, 9.17) is 4.42 Å². The van der Waals surface area contributed by atoms with E-state index < -0.39 is 0 Å². The van der Waals surface area contributed by atoms with Gasteiger partial charge < -0.3 is 9.73 Å². The first-order chi connectivity index (χ1) is 8.74. The maximum absolute atomic E-state index is 13.5. The first kappa shape index (κ1) is 12.7. The number of rotatable bonds is 5. The zero-order valence-electron chi connectivity index (χ0n) is 10.5. The Balaban J connectivity index is 2.14. The van der Waals surface area contributed by atoms with Gasteiger partial charge in [-0.3, -0.25) is 0 Å². The Kier molecular flexibility index (Phi) is 4.04. The zero-order valence-corrected chi connectivity index (χ0v) is 10.5. The predicted molar refractivity (Wildman–Crippen MR) is 65.6 cm³/mol. The molecule has 0 bridgehead atoms. The molecular weight excluding hydrogens is 233 g/mol. The van der Waals surface area contributed by atoms with Gasteiger partial charge in [-0.2, -0.15) is 0 Å². The van der Waals surface area contributed by atoms with Gasteiger partial charge in [0.25, 0.3) is 0 Å². The van der Waals surface area contributed by atoms with Gasteiger partial charge in [-0.05, 0) is 25.1 Å². The summed E-state index contributed by atoms with van der Waals surface area (Å²) in [7, 11) is 1.84. The van der Waals surface area contributed by atoms with E-state index in [2.05, 4.69) is 15.5 Å². The van der Waals surface area contributed by atoms with E-state index >= 15 is 0 Å². The summed E-state index contributed by atoms with van der Waals surface area (Å²) in [5.74, 6) is 0.730.